The zero-order valence-corrected chi connectivity index (χ0v) is 22.5. The number of ether oxygens (including phenoxy) is 2. The van der Waals surface area contributed by atoms with Crippen LogP contribution in [0.5, 0.6) is 0 Å². The van der Waals surface area contributed by atoms with Crippen molar-refractivity contribution in [2.75, 3.05) is 46.1 Å². The second-order valence-corrected chi connectivity index (χ2v) is 9.10. The Kier molecular flexibility index (Phi) is 10.1. The molecule has 0 bridgehead atoms. The summed E-state index contributed by atoms with van der Waals surface area (Å²) in [5, 5.41) is 31.3. The van der Waals surface area contributed by atoms with Crippen molar-refractivity contribution in [1.82, 2.24) is 15.2 Å². The van der Waals surface area contributed by atoms with Crippen molar-refractivity contribution in [2.45, 2.75) is 32.9 Å². The van der Waals surface area contributed by atoms with Crippen LogP contribution in [0, 0.1) is 15.3 Å². The molecule has 1 saturated heterocycles. The summed E-state index contributed by atoms with van der Waals surface area (Å²) in [6, 6.07) is 4.41. The lowest BCUT2D eigenvalue weighted by atomic mass is 9.81. The molecular weight excluding hydrogens is 557 g/mol. The van der Waals surface area contributed by atoms with E-state index in [0.29, 0.717) is 13.1 Å². The minimum absolute atomic E-state index is 0.0137. The molecule has 2 aliphatic rings. The second-order valence-electron chi connectivity index (χ2n) is 9.10. The molecule has 1 unspecified atom stereocenters. The molecule has 0 aliphatic carbocycles. The second kappa shape index (κ2) is 13.3. The molecule has 1 atom stereocenters. The van der Waals surface area contributed by atoms with Gasteiger partial charge in [0.05, 0.1) is 39.8 Å². The van der Waals surface area contributed by atoms with E-state index in [2.05, 4.69) is 20.2 Å². The summed E-state index contributed by atoms with van der Waals surface area (Å²) >= 11 is 0. The summed E-state index contributed by atoms with van der Waals surface area (Å²) < 4.78 is 51.4. The summed E-state index contributed by atoms with van der Waals surface area (Å²) in [6.07, 6.45) is -4.82. The minimum Gasteiger partial charge on any atom is -0.569 e. The number of alkyl halides is 3. The predicted octanol–water partition coefficient (Wildman–Crippen LogP) is 2.66. The van der Waals surface area contributed by atoms with Gasteiger partial charge in [0, 0.05) is 32.3 Å². The Bertz CT molecular complexity index is 1260. The normalized spacial score (nSPS) is 18.6. The highest BCUT2D eigenvalue weighted by Gasteiger charge is 2.45. The molecule has 1 fully saturated rings. The van der Waals surface area contributed by atoms with Crippen molar-refractivity contribution in [3.8, 4) is 0 Å². The van der Waals surface area contributed by atoms with Crippen molar-refractivity contribution in [2.24, 2.45) is 5.28 Å². The highest BCUT2D eigenvalue weighted by atomic mass is 19.4. The molecule has 0 amide bonds. The molecule has 41 heavy (non-hydrogen) atoms. The molecule has 3 rings (SSSR count). The number of nitro groups is 1. The van der Waals surface area contributed by atoms with Crippen LogP contribution in [0.3, 0.4) is 0 Å². The monoisotopic (exact) mass is 586 g/mol. The van der Waals surface area contributed by atoms with E-state index >= 15 is 0 Å². The van der Waals surface area contributed by atoms with Crippen LogP contribution in [-0.2, 0) is 30.1 Å². The van der Waals surface area contributed by atoms with E-state index in [1.165, 1.54) is 37.9 Å². The number of hydrogen-bond donors (Lipinski definition) is 1. The third-order valence-corrected chi connectivity index (χ3v) is 6.39. The van der Waals surface area contributed by atoms with Gasteiger partial charge in [-0.25, -0.2) is 4.79 Å². The van der Waals surface area contributed by atoms with Crippen LogP contribution < -0.4 is 5.32 Å². The number of halogens is 3. The first-order valence-electron chi connectivity index (χ1n) is 12.4. The minimum atomic E-state index is -4.82. The van der Waals surface area contributed by atoms with Crippen LogP contribution in [0.1, 0.15) is 37.8 Å². The van der Waals surface area contributed by atoms with E-state index in [1.807, 2.05) is 4.90 Å². The number of piperazine rings is 1. The summed E-state index contributed by atoms with van der Waals surface area (Å²) in [6.45, 7) is 4.80. The van der Waals surface area contributed by atoms with Gasteiger partial charge < -0.3 is 24.8 Å². The summed E-state index contributed by atoms with van der Waals surface area (Å²) in [7, 11) is 0. The van der Waals surface area contributed by atoms with E-state index in [-0.39, 0.29) is 48.2 Å². The lowest BCUT2D eigenvalue weighted by Crippen LogP contribution is -2.49. The van der Waals surface area contributed by atoms with E-state index in [9.17, 15) is 38.1 Å². The maximum Gasteiger partial charge on any atom is 0.416 e. The van der Waals surface area contributed by atoms with E-state index in [0.717, 1.165) is 12.1 Å². The van der Waals surface area contributed by atoms with Crippen LogP contribution in [0.2, 0.25) is 0 Å². The number of carbonyl (C=O) groups is 2. The molecule has 0 spiro atoms. The van der Waals surface area contributed by atoms with Crippen molar-refractivity contribution >= 4 is 11.9 Å². The van der Waals surface area contributed by atoms with Crippen LogP contribution in [0.15, 0.2) is 52.2 Å². The number of carbonyl (C=O) groups excluding carboxylic acids is 2. The first-order valence-corrected chi connectivity index (χ1v) is 12.4. The number of nitrogens with one attached hydrogen (secondary N) is 1. The summed E-state index contributed by atoms with van der Waals surface area (Å²) in [4.78, 5) is 41.8. The van der Waals surface area contributed by atoms with Crippen LogP contribution >= 0.6 is 0 Å². The third kappa shape index (κ3) is 7.84. The van der Waals surface area contributed by atoms with Crippen LogP contribution in [-0.4, -0.2) is 77.9 Å². The topological polar surface area (TPSA) is 162 Å². The molecular formula is C24H29F3N6O8. The van der Waals surface area contributed by atoms with E-state index in [1.54, 1.807) is 0 Å². The Balaban J connectivity index is 1.67. The van der Waals surface area contributed by atoms with Gasteiger partial charge in [0.25, 0.3) is 12.5 Å². The fourth-order valence-electron chi connectivity index (χ4n) is 4.52. The smallest absolute Gasteiger partial charge is 0.416 e. The number of allylic oxidation sites excluding steroid dienone is 3. The lowest BCUT2D eigenvalue weighted by molar-refractivity contribution is -0.713. The zero-order chi connectivity index (χ0) is 30.3. The molecule has 2 heterocycles. The number of benzene rings is 1. The highest BCUT2D eigenvalue weighted by Crippen LogP contribution is 2.44. The maximum absolute atomic E-state index is 13.9. The lowest BCUT2D eigenvalue weighted by Gasteiger charge is -2.31. The fourth-order valence-corrected chi connectivity index (χ4v) is 4.52. The molecule has 17 heteroatoms. The Hall–Kier alpha value is -4.41. The molecule has 0 aromatic heterocycles. The number of hydrogen-bond acceptors (Lipinski definition) is 11. The Morgan fingerprint density at radius 1 is 1.10 bits per heavy atom. The number of hydrazine groups is 1. The van der Waals surface area contributed by atoms with Gasteiger partial charge in [-0.15, -0.1) is 5.01 Å². The number of dihydropyridines is 1. The number of rotatable bonds is 10. The van der Waals surface area contributed by atoms with Gasteiger partial charge in [0.15, 0.2) is 0 Å². The molecule has 1 N–H and O–H groups in total. The number of nitrogens with zero attached hydrogens (tertiary/aromatic N) is 5. The van der Waals surface area contributed by atoms with E-state index in [4.69, 9.17) is 4.74 Å². The van der Waals surface area contributed by atoms with E-state index < -0.39 is 52.6 Å². The molecule has 2 aliphatic heterocycles. The van der Waals surface area contributed by atoms with Gasteiger partial charge in [0.1, 0.15) is 12.5 Å². The zero-order valence-electron chi connectivity index (χ0n) is 22.5. The van der Waals surface area contributed by atoms with Crippen molar-refractivity contribution < 1.29 is 47.0 Å². The Morgan fingerprint density at radius 2 is 1.76 bits per heavy atom. The van der Waals surface area contributed by atoms with Crippen LogP contribution in [0.4, 0.5) is 13.2 Å². The van der Waals surface area contributed by atoms with Crippen LogP contribution in [0.25, 0.3) is 0 Å². The van der Waals surface area contributed by atoms with Crippen molar-refractivity contribution in [1.29, 1.82) is 0 Å². The largest absolute Gasteiger partial charge is 0.569 e. The first kappa shape index (κ1) is 31.1. The molecule has 0 radical (unpaired) electrons. The first-order chi connectivity index (χ1) is 19.3. The SMILES string of the molecule is CC(=O)OCO/N=[N+](\[O-])N1CCN(CCOC(=O)C2=C(C)NC(C)=C([N+](=O)[O-])C2c2ccccc2C(F)(F)F)CC1. The van der Waals surface area contributed by atoms with Gasteiger partial charge in [-0.1, -0.05) is 18.2 Å². The molecule has 1 aromatic carbocycles. The maximum atomic E-state index is 13.9. The highest BCUT2D eigenvalue weighted by molar-refractivity contribution is 5.92. The summed E-state index contributed by atoms with van der Waals surface area (Å²) in [5.41, 5.74) is -2.24. The predicted molar refractivity (Wildman–Crippen MR) is 132 cm³/mol. The average molecular weight is 587 g/mol. The molecule has 224 valence electrons. The van der Waals surface area contributed by atoms with Gasteiger partial charge >= 0.3 is 18.1 Å². The van der Waals surface area contributed by atoms with Gasteiger partial charge in [0.2, 0.25) is 5.28 Å². The van der Waals surface area contributed by atoms with Gasteiger partial charge in [-0.2, -0.15) is 13.2 Å². The van der Waals surface area contributed by atoms with Gasteiger partial charge in [-0.3, -0.25) is 19.8 Å². The number of esters is 2. The molecule has 1 aromatic rings. The molecule has 0 saturated carbocycles. The van der Waals surface area contributed by atoms with Crippen molar-refractivity contribution in [3.05, 3.63) is 73.4 Å². The fraction of sp³-hybridized carbons (Fsp3) is 0.500. The standard InChI is InChI=1S/C24H29F3N6O8/c1-15-20(21(22(32(36)37)16(2)28-15)18-6-4-5-7-19(18)24(25,26)27)23(35)39-13-12-30-8-10-31(11-9-30)33(38)29-41-14-40-17(3)34/h4-7,21,28H,8-14H2,1-3H3/b33-29-. The van der Waals surface area contributed by atoms with Crippen molar-refractivity contribution in [3.63, 3.8) is 0 Å². The summed E-state index contributed by atoms with van der Waals surface area (Å²) in [5.74, 6) is -3.20. The molecule has 14 nitrogen and oxygen atoms in total. The average Bonchev–Trinajstić information content (AvgIpc) is 2.90. The van der Waals surface area contributed by atoms with Gasteiger partial charge in [-0.05, 0) is 25.5 Å². The Morgan fingerprint density at radius 3 is 2.37 bits per heavy atom. The quantitative estimate of drug-likeness (QED) is 0.0816. The Labute approximate surface area is 232 Å². The third-order valence-electron chi connectivity index (χ3n) is 6.39.